The third-order valence-corrected chi connectivity index (χ3v) is 5.10. The Balaban J connectivity index is 1.57. The molecule has 0 unspecified atom stereocenters. The minimum atomic E-state index is -3.43. The zero-order chi connectivity index (χ0) is 14.9. The van der Waals surface area contributed by atoms with Crippen LogP contribution in [0.15, 0.2) is 15.7 Å². The van der Waals surface area contributed by atoms with Crippen LogP contribution in [0.25, 0.3) is 0 Å². The molecule has 2 heterocycles. The van der Waals surface area contributed by atoms with Gasteiger partial charge in [-0.2, -0.15) is 0 Å². The summed E-state index contributed by atoms with van der Waals surface area (Å²) in [5, 5.41) is 10.4. The van der Waals surface area contributed by atoms with E-state index >= 15 is 0 Å². The average molecular weight is 310 g/mol. The maximum absolute atomic E-state index is 12.1. The molecule has 114 valence electrons. The first-order valence-electron chi connectivity index (χ1n) is 7.18. The SMILES string of the molecule is CCc1cc(CCCS(=O)(=O)c2n[nH]c(C3CC3)n2)on1. The largest absolute Gasteiger partial charge is 0.361 e. The lowest BCUT2D eigenvalue weighted by molar-refractivity contribution is 0.377. The molecule has 0 bridgehead atoms. The van der Waals surface area contributed by atoms with Crippen LogP contribution in [0.1, 0.15) is 49.4 Å². The highest BCUT2D eigenvalue weighted by Crippen LogP contribution is 2.38. The number of nitrogens with one attached hydrogen (secondary N) is 1. The van der Waals surface area contributed by atoms with Crippen molar-refractivity contribution in [1.29, 1.82) is 0 Å². The van der Waals surface area contributed by atoms with Crippen LogP contribution in [0.4, 0.5) is 0 Å². The van der Waals surface area contributed by atoms with Gasteiger partial charge in [0.2, 0.25) is 9.84 Å². The van der Waals surface area contributed by atoms with Crippen molar-refractivity contribution in [3.63, 3.8) is 0 Å². The Morgan fingerprint density at radius 2 is 2.24 bits per heavy atom. The summed E-state index contributed by atoms with van der Waals surface area (Å²) < 4.78 is 29.4. The summed E-state index contributed by atoms with van der Waals surface area (Å²) in [5.74, 6) is 1.78. The van der Waals surface area contributed by atoms with Gasteiger partial charge in [-0.15, -0.1) is 5.10 Å². The molecule has 0 aliphatic heterocycles. The third kappa shape index (κ3) is 3.31. The molecular weight excluding hydrogens is 292 g/mol. The molecule has 2 aromatic heterocycles. The van der Waals surface area contributed by atoms with Crippen LogP contribution >= 0.6 is 0 Å². The highest BCUT2D eigenvalue weighted by Gasteiger charge is 2.29. The van der Waals surface area contributed by atoms with Crippen molar-refractivity contribution in [2.45, 2.75) is 50.1 Å². The van der Waals surface area contributed by atoms with Gasteiger partial charge in [0.05, 0.1) is 11.4 Å². The molecule has 1 saturated carbocycles. The van der Waals surface area contributed by atoms with Crippen molar-refractivity contribution in [1.82, 2.24) is 20.3 Å². The molecule has 1 aliphatic rings. The number of nitrogens with zero attached hydrogens (tertiary/aromatic N) is 3. The lowest BCUT2D eigenvalue weighted by atomic mass is 10.2. The first-order chi connectivity index (χ1) is 10.1. The molecule has 0 amide bonds. The Morgan fingerprint density at radius 3 is 2.90 bits per heavy atom. The van der Waals surface area contributed by atoms with Gasteiger partial charge in [0.25, 0.3) is 5.16 Å². The van der Waals surface area contributed by atoms with Gasteiger partial charge in [0.15, 0.2) is 0 Å². The number of hydrogen-bond acceptors (Lipinski definition) is 6. The molecule has 1 N–H and O–H groups in total. The van der Waals surface area contributed by atoms with E-state index in [2.05, 4.69) is 20.3 Å². The minimum Gasteiger partial charge on any atom is -0.361 e. The van der Waals surface area contributed by atoms with Gasteiger partial charge >= 0.3 is 0 Å². The van der Waals surface area contributed by atoms with Crippen LogP contribution in [-0.4, -0.2) is 34.5 Å². The molecule has 1 aliphatic carbocycles. The predicted molar refractivity (Wildman–Crippen MR) is 74.6 cm³/mol. The number of sulfone groups is 1. The summed E-state index contributed by atoms with van der Waals surface area (Å²) in [5.41, 5.74) is 0.885. The van der Waals surface area contributed by atoms with Gasteiger partial charge in [-0.3, -0.25) is 5.10 Å². The lowest BCUT2D eigenvalue weighted by Crippen LogP contribution is -2.09. The van der Waals surface area contributed by atoms with Gasteiger partial charge in [0, 0.05) is 18.4 Å². The topological polar surface area (TPSA) is 102 Å². The van der Waals surface area contributed by atoms with Crippen molar-refractivity contribution in [2.24, 2.45) is 0 Å². The van der Waals surface area contributed by atoms with E-state index in [1.165, 1.54) is 0 Å². The fraction of sp³-hybridized carbons (Fsp3) is 0.615. The fourth-order valence-corrected chi connectivity index (χ4v) is 3.23. The van der Waals surface area contributed by atoms with E-state index in [0.29, 0.717) is 24.6 Å². The highest BCUT2D eigenvalue weighted by molar-refractivity contribution is 7.91. The Hall–Kier alpha value is -1.70. The maximum atomic E-state index is 12.1. The van der Waals surface area contributed by atoms with Crippen LogP contribution in [-0.2, 0) is 22.7 Å². The van der Waals surface area contributed by atoms with Crippen LogP contribution in [0, 0.1) is 0 Å². The van der Waals surface area contributed by atoms with Crippen LogP contribution in [0.2, 0.25) is 0 Å². The third-order valence-electron chi connectivity index (χ3n) is 3.53. The standard InChI is InChI=1S/C13H18N4O3S/c1-2-10-8-11(20-17-10)4-3-7-21(18,19)13-14-12(15-16-13)9-5-6-9/h8-9H,2-7H2,1H3,(H,14,15,16). The zero-order valence-electron chi connectivity index (χ0n) is 11.9. The molecule has 1 fully saturated rings. The van der Waals surface area contributed by atoms with E-state index in [1.54, 1.807) is 0 Å². The number of hydrogen-bond donors (Lipinski definition) is 1. The van der Waals surface area contributed by atoms with Gasteiger partial charge in [0.1, 0.15) is 11.6 Å². The molecule has 7 nitrogen and oxygen atoms in total. The van der Waals surface area contributed by atoms with Crippen LogP contribution in [0.3, 0.4) is 0 Å². The van der Waals surface area contributed by atoms with Gasteiger partial charge in [-0.1, -0.05) is 12.1 Å². The molecule has 3 rings (SSSR count). The molecule has 0 atom stereocenters. The van der Waals surface area contributed by atoms with E-state index in [4.69, 9.17) is 4.52 Å². The number of aromatic nitrogens is 4. The second kappa shape index (κ2) is 5.59. The Bertz CT molecular complexity index is 715. The summed E-state index contributed by atoms with van der Waals surface area (Å²) in [6, 6.07) is 1.87. The molecule has 0 saturated heterocycles. The summed E-state index contributed by atoms with van der Waals surface area (Å²) >= 11 is 0. The molecule has 0 spiro atoms. The van der Waals surface area contributed by atoms with E-state index in [0.717, 1.165) is 30.7 Å². The summed E-state index contributed by atoms with van der Waals surface area (Å²) in [6.45, 7) is 1.99. The van der Waals surface area contributed by atoms with Crippen LogP contribution in [0.5, 0.6) is 0 Å². The van der Waals surface area contributed by atoms with Crippen molar-refractivity contribution >= 4 is 9.84 Å². The first-order valence-corrected chi connectivity index (χ1v) is 8.83. The van der Waals surface area contributed by atoms with Crippen LogP contribution < -0.4 is 0 Å². The van der Waals surface area contributed by atoms with Crippen molar-refractivity contribution in [3.05, 3.63) is 23.3 Å². The predicted octanol–water partition coefficient (Wildman–Crippen LogP) is 1.64. The van der Waals surface area contributed by atoms with Crippen molar-refractivity contribution < 1.29 is 12.9 Å². The molecule has 21 heavy (non-hydrogen) atoms. The number of H-pyrrole nitrogens is 1. The smallest absolute Gasteiger partial charge is 0.266 e. The summed E-state index contributed by atoms with van der Waals surface area (Å²) in [4.78, 5) is 4.10. The summed E-state index contributed by atoms with van der Waals surface area (Å²) in [7, 11) is -3.43. The first kappa shape index (κ1) is 14.2. The minimum absolute atomic E-state index is 0.0110. The number of rotatable bonds is 7. The normalized spacial score (nSPS) is 15.5. The second-order valence-corrected chi connectivity index (χ2v) is 7.34. The number of aromatic amines is 1. The highest BCUT2D eigenvalue weighted by atomic mass is 32.2. The van der Waals surface area contributed by atoms with E-state index in [9.17, 15) is 8.42 Å². The molecule has 8 heteroatoms. The van der Waals surface area contributed by atoms with Gasteiger partial charge < -0.3 is 4.52 Å². The maximum Gasteiger partial charge on any atom is 0.266 e. The fourth-order valence-electron chi connectivity index (χ4n) is 2.10. The Morgan fingerprint density at radius 1 is 1.43 bits per heavy atom. The van der Waals surface area contributed by atoms with Crippen molar-refractivity contribution in [3.8, 4) is 0 Å². The molecule has 0 aromatic carbocycles. The van der Waals surface area contributed by atoms with Gasteiger partial charge in [-0.25, -0.2) is 13.4 Å². The average Bonchev–Trinajstić information content (AvgIpc) is 3.02. The second-order valence-electron chi connectivity index (χ2n) is 5.34. The monoisotopic (exact) mass is 310 g/mol. The summed E-state index contributed by atoms with van der Waals surface area (Å²) in [6.07, 6.45) is 3.93. The van der Waals surface area contributed by atoms with E-state index in [-0.39, 0.29) is 10.9 Å². The van der Waals surface area contributed by atoms with E-state index in [1.807, 2.05) is 13.0 Å². The Kier molecular flexibility index (Phi) is 3.79. The van der Waals surface area contributed by atoms with Crippen molar-refractivity contribution in [2.75, 3.05) is 5.75 Å². The lowest BCUT2D eigenvalue weighted by Gasteiger charge is -1.98. The number of aryl methyl sites for hydroxylation is 2. The zero-order valence-corrected chi connectivity index (χ0v) is 12.7. The molecule has 2 aromatic rings. The Labute approximate surface area is 123 Å². The van der Waals surface area contributed by atoms with Gasteiger partial charge in [-0.05, 0) is 25.7 Å². The van der Waals surface area contributed by atoms with E-state index < -0.39 is 9.84 Å². The molecular formula is C13H18N4O3S. The quantitative estimate of drug-likeness (QED) is 0.834. The molecule has 0 radical (unpaired) electrons.